The summed E-state index contributed by atoms with van der Waals surface area (Å²) in [5, 5.41) is 9.81. The van der Waals surface area contributed by atoms with Crippen molar-refractivity contribution in [2.75, 3.05) is 16.4 Å². The number of para-hydroxylation sites is 2. The summed E-state index contributed by atoms with van der Waals surface area (Å²) in [6.07, 6.45) is 0.612. The van der Waals surface area contributed by atoms with E-state index in [0.717, 1.165) is 6.41 Å². The molecule has 3 aromatic carbocycles. The fourth-order valence-corrected chi connectivity index (χ4v) is 8.83. The van der Waals surface area contributed by atoms with Crippen molar-refractivity contribution in [3.8, 4) is 0 Å². The van der Waals surface area contributed by atoms with Crippen molar-refractivity contribution in [3.05, 3.63) is 84.4 Å². The van der Waals surface area contributed by atoms with E-state index in [1.165, 1.54) is 4.90 Å². The number of amides is 2. The van der Waals surface area contributed by atoms with Crippen LogP contribution in [0.25, 0.3) is 0 Å². The van der Waals surface area contributed by atoms with Gasteiger partial charge in [0.25, 0.3) is 5.91 Å². The van der Waals surface area contributed by atoms with Gasteiger partial charge < -0.3 is 14.6 Å². The summed E-state index contributed by atoms with van der Waals surface area (Å²) in [7, 11) is -2.80. The summed E-state index contributed by atoms with van der Waals surface area (Å²) in [6, 6.07) is 24.3. The summed E-state index contributed by atoms with van der Waals surface area (Å²) in [4.78, 5) is 41.1. The second kappa shape index (κ2) is 9.53. The monoisotopic (exact) mass is 516 g/mol. The number of aliphatic hydroxyl groups is 1. The number of ether oxygens (including phenoxy) is 1. The van der Waals surface area contributed by atoms with Crippen LogP contribution < -0.4 is 9.80 Å². The van der Waals surface area contributed by atoms with Gasteiger partial charge in [0.2, 0.25) is 6.41 Å². The predicted octanol–water partition coefficient (Wildman–Crippen LogP) is 4.84. The van der Waals surface area contributed by atoms with E-state index in [-0.39, 0.29) is 24.0 Å². The molecule has 37 heavy (non-hydrogen) atoms. The molecule has 2 N–H and O–H groups in total. The van der Waals surface area contributed by atoms with Gasteiger partial charge in [-0.3, -0.25) is 19.4 Å². The number of fused-ring (bicyclic) bond motifs is 2. The van der Waals surface area contributed by atoms with E-state index < -0.39 is 20.0 Å². The van der Waals surface area contributed by atoms with Gasteiger partial charge >= 0.3 is 0 Å². The Kier molecular flexibility index (Phi) is 6.53. The normalized spacial score (nSPS) is 24.9. The van der Waals surface area contributed by atoms with E-state index in [2.05, 4.69) is 0 Å². The number of carbonyl (C=O) groups is 2. The molecule has 0 radical (unpaired) electrons. The van der Waals surface area contributed by atoms with Crippen LogP contribution in [0.2, 0.25) is 18.6 Å². The first-order valence-corrected chi connectivity index (χ1v) is 15.6. The van der Waals surface area contributed by atoms with E-state index in [1.807, 2.05) is 98.9 Å². The molecule has 3 aromatic rings. The maximum Gasteiger partial charge on any atom is 0.268 e. The van der Waals surface area contributed by atoms with Crippen molar-refractivity contribution in [2.45, 2.75) is 43.7 Å². The van der Waals surface area contributed by atoms with Crippen molar-refractivity contribution in [3.63, 3.8) is 0 Å². The van der Waals surface area contributed by atoms with Gasteiger partial charge in [0.15, 0.2) is 13.9 Å². The van der Waals surface area contributed by atoms with Crippen molar-refractivity contribution in [1.82, 2.24) is 0 Å². The van der Waals surface area contributed by atoms with Crippen LogP contribution in [-0.2, 0) is 19.9 Å². The predicted molar refractivity (Wildman–Crippen MR) is 146 cm³/mol. The van der Waals surface area contributed by atoms with Gasteiger partial charge in [0.1, 0.15) is 0 Å². The van der Waals surface area contributed by atoms with Crippen molar-refractivity contribution in [1.29, 1.82) is 0 Å². The van der Waals surface area contributed by atoms with Gasteiger partial charge in [-0.15, -0.1) is 0 Å². The zero-order valence-electron chi connectivity index (χ0n) is 21.2. The summed E-state index contributed by atoms with van der Waals surface area (Å²) in [5.74, 6) is -0.577. The number of nitrogens with zero attached hydrogens (tertiary/aromatic N) is 2. The Labute approximate surface area is 218 Å². The summed E-state index contributed by atoms with van der Waals surface area (Å²) in [6.45, 7) is 5.57. The number of aliphatic hydroxyl groups excluding tert-OH is 1. The summed E-state index contributed by atoms with van der Waals surface area (Å²) >= 11 is 0. The third-order valence-corrected chi connectivity index (χ3v) is 10.2. The van der Waals surface area contributed by atoms with Crippen LogP contribution in [0, 0.1) is 5.92 Å². The van der Waals surface area contributed by atoms with E-state index >= 15 is 0 Å². The summed E-state index contributed by atoms with van der Waals surface area (Å²) in [5.41, 5.74) is 1.75. The molecule has 4 atom stereocenters. The number of anilines is 4. The first-order valence-electron chi connectivity index (χ1n) is 12.6. The van der Waals surface area contributed by atoms with Crippen LogP contribution in [0.15, 0.2) is 78.9 Å². The average Bonchev–Trinajstić information content (AvgIpc) is 3.32. The highest BCUT2D eigenvalue weighted by Gasteiger charge is 2.66. The van der Waals surface area contributed by atoms with Crippen molar-refractivity contribution in [2.24, 2.45) is 5.92 Å². The molecule has 1 spiro atoms. The lowest BCUT2D eigenvalue weighted by Crippen LogP contribution is -2.45. The van der Waals surface area contributed by atoms with Crippen LogP contribution in [-0.4, -0.2) is 43.2 Å². The highest BCUT2D eigenvalue weighted by atomic mass is 28.4. The number of hydrogen-bond acceptors (Lipinski definition) is 5. The van der Waals surface area contributed by atoms with E-state index in [0.29, 0.717) is 34.7 Å². The van der Waals surface area contributed by atoms with Crippen LogP contribution in [0.1, 0.15) is 18.9 Å². The van der Waals surface area contributed by atoms with Crippen LogP contribution in [0.3, 0.4) is 0 Å². The molecule has 1 fully saturated rings. The first-order chi connectivity index (χ1) is 17.7. The molecule has 2 amide bonds. The van der Waals surface area contributed by atoms with Gasteiger partial charge in [0.05, 0.1) is 11.8 Å². The quantitative estimate of drug-likeness (QED) is 0.346. The lowest BCUT2D eigenvalue weighted by Gasteiger charge is -2.32. The Morgan fingerprint density at radius 2 is 1.68 bits per heavy atom. The van der Waals surface area contributed by atoms with E-state index in [9.17, 15) is 19.5 Å². The molecule has 192 valence electrons. The average molecular weight is 517 g/mol. The lowest BCUT2D eigenvalue weighted by molar-refractivity contribution is -0.145. The van der Waals surface area contributed by atoms with Gasteiger partial charge in [-0.2, -0.15) is 0 Å². The maximum absolute atomic E-state index is 14.4. The topological polar surface area (TPSA) is 90.3 Å². The third kappa shape index (κ3) is 4.01. The first kappa shape index (κ1) is 25.4. The molecule has 8 heteroatoms. The Hall–Kier alpha value is -3.30. The van der Waals surface area contributed by atoms with Crippen LogP contribution >= 0.6 is 0 Å². The highest BCUT2D eigenvalue weighted by molar-refractivity contribution is 6.71. The zero-order chi connectivity index (χ0) is 26.4. The molecule has 1 saturated heterocycles. The molecular formula is C29H32N2O5Si. The summed E-state index contributed by atoms with van der Waals surface area (Å²) < 4.78 is 6.68. The smallest absolute Gasteiger partial charge is 0.268 e. The SMILES string of the molecule is C[C@H]1[C@H]([Si](C)(C)O)[C@@H](CCO)O[C@]12C(=O)N(c1ccccc1)c1ccc(N(C=O)c3ccccc3)cc12. The van der Waals surface area contributed by atoms with E-state index in [1.54, 1.807) is 4.90 Å². The fraction of sp³-hybridized carbons (Fsp3) is 0.310. The Bertz CT molecular complexity index is 1300. The molecule has 5 rings (SSSR count). The Balaban J connectivity index is 1.72. The second-order valence-corrected chi connectivity index (χ2v) is 14.3. The number of benzene rings is 3. The number of rotatable bonds is 7. The largest absolute Gasteiger partial charge is 0.432 e. The van der Waals surface area contributed by atoms with Crippen LogP contribution in [0.4, 0.5) is 22.7 Å². The highest BCUT2D eigenvalue weighted by Crippen LogP contribution is 2.61. The molecule has 2 aliphatic rings. The third-order valence-electron chi connectivity index (χ3n) is 7.72. The molecule has 7 nitrogen and oxygen atoms in total. The molecule has 0 unspecified atom stereocenters. The van der Waals surface area contributed by atoms with Crippen LogP contribution in [0.5, 0.6) is 0 Å². The zero-order valence-corrected chi connectivity index (χ0v) is 22.2. The molecule has 0 aliphatic carbocycles. The van der Waals surface area contributed by atoms with Gasteiger partial charge in [0, 0.05) is 40.7 Å². The van der Waals surface area contributed by atoms with Gasteiger partial charge in [-0.25, -0.2) is 0 Å². The van der Waals surface area contributed by atoms with Gasteiger partial charge in [-0.1, -0.05) is 43.3 Å². The minimum Gasteiger partial charge on any atom is -0.432 e. The van der Waals surface area contributed by atoms with Gasteiger partial charge in [-0.05, 0) is 62.0 Å². The second-order valence-electron chi connectivity index (χ2n) is 10.4. The molecule has 0 aromatic heterocycles. The molecule has 0 bridgehead atoms. The minimum atomic E-state index is -2.80. The molecule has 2 heterocycles. The fourth-order valence-electron chi connectivity index (χ4n) is 6.23. The minimum absolute atomic E-state index is 0.106. The van der Waals surface area contributed by atoms with Crippen molar-refractivity contribution < 1.29 is 24.2 Å². The Morgan fingerprint density at radius 3 is 2.27 bits per heavy atom. The van der Waals surface area contributed by atoms with Crippen molar-refractivity contribution >= 4 is 43.4 Å². The number of carbonyl (C=O) groups excluding carboxylic acids is 2. The molecular weight excluding hydrogens is 484 g/mol. The number of hydrogen-bond donors (Lipinski definition) is 2. The molecule has 0 saturated carbocycles. The lowest BCUT2D eigenvalue weighted by atomic mass is 9.82. The van der Waals surface area contributed by atoms with E-state index in [4.69, 9.17) is 4.74 Å². The standard InChI is InChI=1S/C29H32N2O5Si/c1-20-27(37(2,3)35)26(16-17-32)36-29(20)24-18-23(30(19-33)21-10-6-4-7-11-21)14-15-25(24)31(28(29)34)22-12-8-5-9-13-22/h4-15,18-20,26-27,32,35H,16-17H2,1-3H3/t20-,26+,27-,29+/m0/s1. The Morgan fingerprint density at radius 1 is 1.03 bits per heavy atom. The molecule has 2 aliphatic heterocycles. The maximum atomic E-state index is 14.4.